The Morgan fingerprint density at radius 2 is 2.05 bits per heavy atom. The van der Waals surface area contributed by atoms with Gasteiger partial charge in [0.05, 0.1) is 6.61 Å². The van der Waals surface area contributed by atoms with E-state index in [1.54, 1.807) is 0 Å². The first-order valence-corrected chi connectivity index (χ1v) is 8.00. The van der Waals surface area contributed by atoms with Gasteiger partial charge in [-0.3, -0.25) is 0 Å². The molecule has 0 heterocycles. The Kier molecular flexibility index (Phi) is 4.95. The zero-order valence-electron chi connectivity index (χ0n) is 13.5. The summed E-state index contributed by atoms with van der Waals surface area (Å²) in [6, 6.07) is 6.98. The standard InChI is InChI=1S/C18H29NO/c1-5-20-16-8-9-17(14(2)13-16)19-15-7-6-11-18(3,4)12-10-15/h8-9,13,15,19H,5-7,10-12H2,1-4H3. The van der Waals surface area contributed by atoms with Crippen LogP contribution in [0.25, 0.3) is 0 Å². The fourth-order valence-corrected chi connectivity index (χ4v) is 3.08. The Morgan fingerprint density at radius 3 is 2.75 bits per heavy atom. The number of hydrogen-bond donors (Lipinski definition) is 1. The van der Waals surface area contributed by atoms with Gasteiger partial charge in [-0.25, -0.2) is 0 Å². The largest absolute Gasteiger partial charge is 0.494 e. The fraction of sp³-hybridized carbons (Fsp3) is 0.667. The van der Waals surface area contributed by atoms with Gasteiger partial charge >= 0.3 is 0 Å². The second-order valence-corrected chi connectivity index (χ2v) is 6.85. The van der Waals surface area contributed by atoms with E-state index in [1.807, 2.05) is 6.92 Å². The van der Waals surface area contributed by atoms with Crippen molar-refractivity contribution >= 4 is 5.69 Å². The van der Waals surface area contributed by atoms with Crippen LogP contribution in [0.5, 0.6) is 5.75 Å². The number of anilines is 1. The van der Waals surface area contributed by atoms with E-state index in [0.717, 1.165) is 12.4 Å². The first kappa shape index (κ1) is 15.2. The highest BCUT2D eigenvalue weighted by Crippen LogP contribution is 2.35. The molecule has 2 rings (SSSR count). The van der Waals surface area contributed by atoms with Crippen molar-refractivity contribution in [3.05, 3.63) is 23.8 Å². The predicted molar refractivity (Wildman–Crippen MR) is 86.6 cm³/mol. The molecule has 0 spiro atoms. The molecule has 1 saturated carbocycles. The third kappa shape index (κ3) is 4.16. The molecule has 1 atom stereocenters. The predicted octanol–water partition coefficient (Wildman–Crippen LogP) is 5.16. The summed E-state index contributed by atoms with van der Waals surface area (Å²) in [5.41, 5.74) is 3.06. The lowest BCUT2D eigenvalue weighted by molar-refractivity contribution is 0.313. The fourth-order valence-electron chi connectivity index (χ4n) is 3.08. The van der Waals surface area contributed by atoms with Gasteiger partial charge in [-0.2, -0.15) is 0 Å². The van der Waals surface area contributed by atoms with Crippen LogP contribution in [0.3, 0.4) is 0 Å². The summed E-state index contributed by atoms with van der Waals surface area (Å²) < 4.78 is 5.55. The quantitative estimate of drug-likeness (QED) is 0.766. The van der Waals surface area contributed by atoms with Gasteiger partial charge in [0.2, 0.25) is 0 Å². The second-order valence-electron chi connectivity index (χ2n) is 6.85. The molecule has 0 radical (unpaired) electrons. The van der Waals surface area contributed by atoms with Crippen molar-refractivity contribution in [1.82, 2.24) is 0 Å². The molecular formula is C18H29NO. The third-order valence-corrected chi connectivity index (χ3v) is 4.44. The van der Waals surface area contributed by atoms with Crippen LogP contribution in [0, 0.1) is 12.3 Å². The van der Waals surface area contributed by atoms with E-state index in [-0.39, 0.29) is 0 Å². The van der Waals surface area contributed by atoms with Crippen LogP contribution in [0.4, 0.5) is 5.69 Å². The van der Waals surface area contributed by atoms with Crippen LogP contribution >= 0.6 is 0 Å². The molecule has 2 nitrogen and oxygen atoms in total. The maximum Gasteiger partial charge on any atom is 0.119 e. The molecule has 20 heavy (non-hydrogen) atoms. The van der Waals surface area contributed by atoms with Crippen molar-refractivity contribution in [2.45, 2.75) is 65.8 Å². The molecule has 1 aliphatic rings. The highest BCUT2D eigenvalue weighted by molar-refractivity contribution is 5.54. The van der Waals surface area contributed by atoms with Crippen molar-refractivity contribution in [1.29, 1.82) is 0 Å². The summed E-state index contributed by atoms with van der Waals surface area (Å²) >= 11 is 0. The Morgan fingerprint density at radius 1 is 1.25 bits per heavy atom. The summed E-state index contributed by atoms with van der Waals surface area (Å²) in [6.45, 7) is 9.71. The minimum absolute atomic E-state index is 0.518. The molecule has 112 valence electrons. The molecule has 0 aromatic heterocycles. The summed E-state index contributed by atoms with van der Waals surface area (Å²) in [6.07, 6.45) is 6.57. The summed E-state index contributed by atoms with van der Waals surface area (Å²) in [4.78, 5) is 0. The maximum absolute atomic E-state index is 5.55. The molecule has 0 amide bonds. The average molecular weight is 275 g/mol. The minimum atomic E-state index is 0.518. The van der Waals surface area contributed by atoms with Gasteiger partial charge in [-0.15, -0.1) is 0 Å². The topological polar surface area (TPSA) is 21.3 Å². The first-order valence-electron chi connectivity index (χ1n) is 8.00. The van der Waals surface area contributed by atoms with Crippen LogP contribution < -0.4 is 10.1 Å². The Labute approximate surface area is 123 Å². The Balaban J connectivity index is 1.99. The number of rotatable bonds is 4. The maximum atomic E-state index is 5.55. The zero-order chi connectivity index (χ0) is 14.6. The van der Waals surface area contributed by atoms with Crippen LogP contribution in [0.2, 0.25) is 0 Å². The highest BCUT2D eigenvalue weighted by Gasteiger charge is 2.24. The van der Waals surface area contributed by atoms with Crippen molar-refractivity contribution in [2.24, 2.45) is 5.41 Å². The molecule has 0 bridgehead atoms. The normalized spacial score (nSPS) is 22.1. The lowest BCUT2D eigenvalue weighted by Crippen LogP contribution is -2.19. The van der Waals surface area contributed by atoms with E-state index in [4.69, 9.17) is 4.74 Å². The monoisotopic (exact) mass is 275 g/mol. The molecule has 1 aliphatic carbocycles. The van der Waals surface area contributed by atoms with Gasteiger partial charge in [-0.1, -0.05) is 20.3 Å². The van der Waals surface area contributed by atoms with E-state index in [9.17, 15) is 0 Å². The minimum Gasteiger partial charge on any atom is -0.494 e. The van der Waals surface area contributed by atoms with E-state index in [0.29, 0.717) is 11.5 Å². The van der Waals surface area contributed by atoms with Gasteiger partial charge in [0.25, 0.3) is 0 Å². The van der Waals surface area contributed by atoms with Gasteiger partial charge < -0.3 is 10.1 Å². The van der Waals surface area contributed by atoms with Gasteiger partial charge in [0.15, 0.2) is 0 Å². The van der Waals surface area contributed by atoms with Crippen molar-refractivity contribution in [2.75, 3.05) is 11.9 Å². The molecule has 0 saturated heterocycles. The Bertz CT molecular complexity index is 439. The van der Waals surface area contributed by atoms with E-state index >= 15 is 0 Å². The van der Waals surface area contributed by atoms with Crippen LogP contribution in [-0.2, 0) is 0 Å². The lowest BCUT2D eigenvalue weighted by Gasteiger charge is -2.23. The number of ether oxygens (including phenoxy) is 1. The molecule has 0 aliphatic heterocycles. The molecule has 1 aromatic rings. The van der Waals surface area contributed by atoms with Crippen molar-refractivity contribution in [3.8, 4) is 5.75 Å². The van der Waals surface area contributed by atoms with Crippen molar-refractivity contribution < 1.29 is 4.74 Å². The van der Waals surface area contributed by atoms with Crippen LogP contribution in [-0.4, -0.2) is 12.6 Å². The summed E-state index contributed by atoms with van der Waals surface area (Å²) in [5, 5.41) is 3.74. The van der Waals surface area contributed by atoms with E-state index in [1.165, 1.54) is 43.4 Å². The molecular weight excluding hydrogens is 246 g/mol. The number of aryl methyl sites for hydroxylation is 1. The molecule has 1 unspecified atom stereocenters. The van der Waals surface area contributed by atoms with Gasteiger partial charge in [0.1, 0.15) is 5.75 Å². The second kappa shape index (κ2) is 6.51. The SMILES string of the molecule is CCOc1ccc(NC2CCCC(C)(C)CC2)c(C)c1. The molecule has 1 N–H and O–H groups in total. The third-order valence-electron chi connectivity index (χ3n) is 4.44. The average Bonchev–Trinajstić information content (AvgIpc) is 2.55. The van der Waals surface area contributed by atoms with Crippen molar-refractivity contribution in [3.63, 3.8) is 0 Å². The van der Waals surface area contributed by atoms with Crippen LogP contribution in [0.15, 0.2) is 18.2 Å². The summed E-state index contributed by atoms with van der Waals surface area (Å²) in [7, 11) is 0. The molecule has 2 heteroatoms. The number of benzene rings is 1. The number of hydrogen-bond acceptors (Lipinski definition) is 2. The van der Waals surface area contributed by atoms with Gasteiger partial charge in [-0.05, 0) is 68.7 Å². The zero-order valence-corrected chi connectivity index (χ0v) is 13.5. The lowest BCUT2D eigenvalue weighted by atomic mass is 9.85. The van der Waals surface area contributed by atoms with E-state index in [2.05, 4.69) is 44.3 Å². The van der Waals surface area contributed by atoms with Gasteiger partial charge in [0, 0.05) is 11.7 Å². The smallest absolute Gasteiger partial charge is 0.119 e. The van der Waals surface area contributed by atoms with Crippen LogP contribution in [0.1, 0.15) is 58.4 Å². The highest BCUT2D eigenvalue weighted by atomic mass is 16.5. The summed E-state index contributed by atoms with van der Waals surface area (Å²) in [5.74, 6) is 0.970. The van der Waals surface area contributed by atoms with E-state index < -0.39 is 0 Å². The molecule has 1 fully saturated rings. The Hall–Kier alpha value is -1.18. The molecule has 1 aromatic carbocycles. The first-order chi connectivity index (χ1) is 9.50. The number of nitrogens with one attached hydrogen (secondary N) is 1.